The first-order valence-electron chi connectivity index (χ1n) is 8.98. The zero-order chi connectivity index (χ0) is 19.5. The molecule has 28 heavy (non-hydrogen) atoms. The van der Waals surface area contributed by atoms with Crippen molar-refractivity contribution in [3.8, 4) is 11.3 Å². The Bertz CT molecular complexity index is 1020. The van der Waals surface area contributed by atoms with Crippen LogP contribution in [0.25, 0.3) is 11.3 Å². The number of carbonyl (C=O) groups is 1. The Morgan fingerprint density at radius 2 is 1.96 bits per heavy atom. The summed E-state index contributed by atoms with van der Waals surface area (Å²) in [5.74, 6) is 0.157. The maximum atomic E-state index is 11.8. The Morgan fingerprint density at radius 3 is 2.71 bits per heavy atom. The highest BCUT2D eigenvalue weighted by molar-refractivity contribution is 7.98. The third-order valence-corrected chi connectivity index (χ3v) is 4.99. The fourth-order valence-corrected chi connectivity index (χ4v) is 3.41. The average Bonchev–Trinajstić information content (AvgIpc) is 2.74. The van der Waals surface area contributed by atoms with Crippen molar-refractivity contribution in [2.24, 2.45) is 0 Å². The van der Waals surface area contributed by atoms with Gasteiger partial charge in [-0.15, -0.1) is 0 Å². The molecule has 142 valence electrons. The van der Waals surface area contributed by atoms with Crippen LogP contribution >= 0.6 is 11.8 Å². The predicted molar refractivity (Wildman–Crippen MR) is 108 cm³/mol. The first kappa shape index (κ1) is 18.4. The smallest absolute Gasteiger partial charge is 0.338 e. The lowest BCUT2D eigenvalue weighted by Crippen LogP contribution is -2.11. The highest BCUT2D eigenvalue weighted by Crippen LogP contribution is 2.32. The van der Waals surface area contributed by atoms with E-state index in [-0.39, 0.29) is 5.97 Å². The summed E-state index contributed by atoms with van der Waals surface area (Å²) in [6, 6.07) is 7.03. The van der Waals surface area contributed by atoms with Gasteiger partial charge in [-0.3, -0.25) is 0 Å². The summed E-state index contributed by atoms with van der Waals surface area (Å²) in [4.78, 5) is 29.9. The molecule has 8 heteroatoms. The van der Waals surface area contributed by atoms with Gasteiger partial charge < -0.3 is 10.1 Å². The number of hydrogen-bond acceptors (Lipinski definition) is 8. The lowest BCUT2D eigenvalue weighted by atomic mass is 9.95. The van der Waals surface area contributed by atoms with Crippen LogP contribution in [0.2, 0.25) is 0 Å². The minimum Gasteiger partial charge on any atom is -0.462 e. The van der Waals surface area contributed by atoms with Crippen LogP contribution in [0, 0.1) is 0 Å². The number of nitrogens with one attached hydrogen (secondary N) is 1. The van der Waals surface area contributed by atoms with Crippen LogP contribution in [-0.2, 0) is 17.6 Å². The van der Waals surface area contributed by atoms with Crippen LogP contribution in [0.1, 0.15) is 28.5 Å². The molecule has 3 aromatic rings. The quantitative estimate of drug-likeness (QED) is 0.399. The predicted octanol–water partition coefficient (Wildman–Crippen LogP) is 3.67. The van der Waals surface area contributed by atoms with Gasteiger partial charge in [0.1, 0.15) is 0 Å². The van der Waals surface area contributed by atoms with Gasteiger partial charge in [0.05, 0.1) is 23.6 Å². The number of aryl methyl sites for hydroxylation is 2. The van der Waals surface area contributed by atoms with Crippen LogP contribution in [0.3, 0.4) is 0 Å². The number of rotatable bonds is 5. The van der Waals surface area contributed by atoms with Crippen LogP contribution in [-0.4, -0.2) is 38.8 Å². The zero-order valence-electron chi connectivity index (χ0n) is 15.6. The van der Waals surface area contributed by atoms with E-state index in [1.165, 1.54) is 11.8 Å². The molecule has 0 atom stereocenters. The lowest BCUT2D eigenvalue weighted by Gasteiger charge is -2.18. The minimum atomic E-state index is -0.333. The molecule has 2 aromatic heterocycles. The Kier molecular flexibility index (Phi) is 5.21. The highest BCUT2D eigenvalue weighted by atomic mass is 32.2. The summed E-state index contributed by atoms with van der Waals surface area (Å²) in [5, 5.41) is 3.96. The van der Waals surface area contributed by atoms with Crippen LogP contribution in [0.15, 0.2) is 41.8 Å². The minimum absolute atomic E-state index is 0.333. The molecule has 1 aromatic carbocycles. The van der Waals surface area contributed by atoms with E-state index < -0.39 is 0 Å². The van der Waals surface area contributed by atoms with E-state index in [9.17, 15) is 4.79 Å². The number of benzene rings is 1. The number of fused-ring (bicyclic) bond motifs is 3. The molecule has 0 spiro atoms. The van der Waals surface area contributed by atoms with Gasteiger partial charge in [-0.05, 0) is 55.9 Å². The van der Waals surface area contributed by atoms with E-state index in [1.807, 2.05) is 18.6 Å². The molecule has 0 unspecified atom stereocenters. The second-order valence-electron chi connectivity index (χ2n) is 6.21. The zero-order valence-corrected chi connectivity index (χ0v) is 16.4. The van der Waals surface area contributed by atoms with E-state index in [0.29, 0.717) is 18.1 Å². The monoisotopic (exact) mass is 393 g/mol. The van der Waals surface area contributed by atoms with Gasteiger partial charge in [0, 0.05) is 23.6 Å². The van der Waals surface area contributed by atoms with Crippen LogP contribution in [0.5, 0.6) is 0 Å². The maximum Gasteiger partial charge on any atom is 0.338 e. The second-order valence-corrected chi connectivity index (χ2v) is 6.98. The van der Waals surface area contributed by atoms with E-state index in [0.717, 1.165) is 46.2 Å². The number of esters is 1. The first-order chi connectivity index (χ1) is 13.7. The van der Waals surface area contributed by atoms with Gasteiger partial charge in [-0.1, -0.05) is 11.8 Å². The normalized spacial score (nSPS) is 12.1. The Balaban J connectivity index is 1.58. The van der Waals surface area contributed by atoms with E-state index in [2.05, 4.69) is 20.3 Å². The van der Waals surface area contributed by atoms with Crippen molar-refractivity contribution in [1.82, 2.24) is 19.9 Å². The first-order valence-corrected chi connectivity index (χ1v) is 10.2. The van der Waals surface area contributed by atoms with Gasteiger partial charge in [0.15, 0.2) is 5.16 Å². The molecular weight excluding hydrogens is 374 g/mol. The number of anilines is 2. The molecule has 2 heterocycles. The molecule has 0 saturated carbocycles. The lowest BCUT2D eigenvalue weighted by molar-refractivity contribution is 0.0526. The molecule has 0 radical (unpaired) electrons. The molecule has 0 amide bonds. The Hall–Kier alpha value is -3.00. The summed E-state index contributed by atoms with van der Waals surface area (Å²) in [5.41, 5.74) is 5.25. The van der Waals surface area contributed by atoms with Crippen molar-refractivity contribution >= 4 is 29.4 Å². The fraction of sp³-hybridized carbons (Fsp3) is 0.250. The van der Waals surface area contributed by atoms with Crippen LogP contribution in [0.4, 0.5) is 11.6 Å². The summed E-state index contributed by atoms with van der Waals surface area (Å²) < 4.78 is 5.00. The van der Waals surface area contributed by atoms with E-state index >= 15 is 0 Å². The average molecular weight is 393 g/mol. The van der Waals surface area contributed by atoms with Gasteiger partial charge in [0.25, 0.3) is 0 Å². The van der Waals surface area contributed by atoms with E-state index in [1.54, 1.807) is 31.2 Å². The van der Waals surface area contributed by atoms with Crippen molar-refractivity contribution in [3.05, 3.63) is 53.5 Å². The molecule has 0 aliphatic heterocycles. The molecular formula is C20H19N5O2S. The topological polar surface area (TPSA) is 89.9 Å². The molecule has 4 rings (SSSR count). The summed E-state index contributed by atoms with van der Waals surface area (Å²) in [6.07, 6.45) is 7.39. The summed E-state index contributed by atoms with van der Waals surface area (Å²) in [6.45, 7) is 2.14. The summed E-state index contributed by atoms with van der Waals surface area (Å²) >= 11 is 1.53. The number of hydrogen-bond donors (Lipinski definition) is 1. The van der Waals surface area contributed by atoms with Crippen molar-refractivity contribution in [2.75, 3.05) is 18.2 Å². The number of ether oxygens (including phenoxy) is 1. The van der Waals surface area contributed by atoms with Crippen LogP contribution < -0.4 is 5.32 Å². The van der Waals surface area contributed by atoms with Crippen molar-refractivity contribution in [3.63, 3.8) is 0 Å². The second kappa shape index (κ2) is 7.93. The highest BCUT2D eigenvalue weighted by Gasteiger charge is 2.21. The molecule has 1 aliphatic carbocycles. The molecule has 0 saturated heterocycles. The van der Waals surface area contributed by atoms with E-state index in [4.69, 9.17) is 9.72 Å². The third-order valence-electron chi connectivity index (χ3n) is 4.43. The standard InChI is InChI=1S/C20H19N5O2S/c1-3-27-18(26)12-4-7-14(8-5-12)23-19-21-10-13-6-9-16-15(17(13)25-19)11-22-20(24-16)28-2/h4-5,7-8,10-11H,3,6,9H2,1-2H3,(H,21,23,25). The molecule has 0 bridgehead atoms. The molecule has 1 aliphatic rings. The number of carbonyl (C=O) groups excluding carboxylic acids is 1. The fourth-order valence-electron chi connectivity index (χ4n) is 3.05. The number of thioether (sulfide) groups is 1. The van der Waals surface area contributed by atoms with Gasteiger partial charge in [-0.25, -0.2) is 24.7 Å². The number of aromatic nitrogens is 4. The van der Waals surface area contributed by atoms with Crippen molar-refractivity contribution in [1.29, 1.82) is 0 Å². The van der Waals surface area contributed by atoms with Gasteiger partial charge >= 0.3 is 5.97 Å². The molecule has 7 nitrogen and oxygen atoms in total. The number of nitrogens with zero attached hydrogens (tertiary/aromatic N) is 4. The SMILES string of the molecule is CCOC(=O)c1ccc(Nc2ncc3c(n2)-c2cnc(SC)nc2CC3)cc1. The van der Waals surface area contributed by atoms with Crippen molar-refractivity contribution < 1.29 is 9.53 Å². The largest absolute Gasteiger partial charge is 0.462 e. The van der Waals surface area contributed by atoms with Gasteiger partial charge in [-0.2, -0.15) is 0 Å². The maximum absolute atomic E-state index is 11.8. The Labute approximate surface area is 167 Å². The summed E-state index contributed by atoms with van der Waals surface area (Å²) in [7, 11) is 0. The van der Waals surface area contributed by atoms with Gasteiger partial charge in [0.2, 0.25) is 5.95 Å². The molecule has 1 N–H and O–H groups in total. The van der Waals surface area contributed by atoms with Crippen molar-refractivity contribution in [2.45, 2.75) is 24.9 Å². The molecule has 0 fully saturated rings. The third kappa shape index (κ3) is 3.68. The Morgan fingerprint density at radius 1 is 1.14 bits per heavy atom.